The predicted molar refractivity (Wildman–Crippen MR) is 110 cm³/mol. The molecule has 2 nitrogen and oxygen atoms in total. The minimum atomic E-state index is -0.492. The predicted octanol–water partition coefficient (Wildman–Crippen LogP) is 5.93. The maximum atomic E-state index is 10.9. The van der Waals surface area contributed by atoms with Crippen LogP contribution >= 0.6 is 0 Å². The van der Waals surface area contributed by atoms with Gasteiger partial charge in [-0.2, -0.15) is 0 Å². The second-order valence-electron chi connectivity index (χ2n) is 11.4. The largest absolute Gasteiger partial charge is 0.390 e. The first kappa shape index (κ1) is 19.7. The van der Waals surface area contributed by atoms with Gasteiger partial charge in [-0.15, -0.1) is 0 Å². The highest BCUT2D eigenvalue weighted by atomic mass is 16.3. The van der Waals surface area contributed by atoms with Gasteiger partial charge < -0.3 is 9.90 Å². The molecule has 4 aliphatic rings. The number of allylic oxidation sites excluding steroid dienone is 1. The van der Waals surface area contributed by atoms with E-state index in [4.69, 9.17) is 0 Å². The summed E-state index contributed by atoms with van der Waals surface area (Å²) >= 11 is 0. The lowest BCUT2D eigenvalue weighted by atomic mass is 9.46. The Morgan fingerprint density at radius 3 is 2.67 bits per heavy atom. The molecule has 1 N–H and O–H groups in total. The van der Waals surface area contributed by atoms with Gasteiger partial charge in [-0.05, 0) is 105 Å². The molecule has 27 heavy (non-hydrogen) atoms. The van der Waals surface area contributed by atoms with Gasteiger partial charge in [0.25, 0.3) is 0 Å². The van der Waals surface area contributed by atoms with Gasteiger partial charge in [0.05, 0.1) is 5.60 Å². The summed E-state index contributed by atoms with van der Waals surface area (Å²) in [4.78, 5) is 10.9. The van der Waals surface area contributed by atoms with Crippen molar-refractivity contribution in [3.8, 4) is 0 Å². The summed E-state index contributed by atoms with van der Waals surface area (Å²) < 4.78 is 0. The Labute approximate surface area is 166 Å². The lowest BCUT2D eigenvalue weighted by Crippen LogP contribution is -2.52. The van der Waals surface area contributed by atoms with Crippen molar-refractivity contribution in [2.45, 2.75) is 97.5 Å². The highest BCUT2D eigenvalue weighted by Crippen LogP contribution is 2.67. The summed E-state index contributed by atoms with van der Waals surface area (Å²) in [6.07, 6.45) is 15.2. The monoisotopic (exact) mass is 372 g/mol. The first-order chi connectivity index (χ1) is 12.7. The molecule has 2 heteroatoms. The summed E-state index contributed by atoms with van der Waals surface area (Å²) in [5.41, 5.74) is 1.88. The van der Waals surface area contributed by atoms with E-state index in [1.807, 2.05) is 6.92 Å². The molecule has 0 saturated heterocycles. The van der Waals surface area contributed by atoms with Crippen LogP contribution in [-0.2, 0) is 4.79 Å². The van der Waals surface area contributed by atoms with E-state index < -0.39 is 5.60 Å². The summed E-state index contributed by atoms with van der Waals surface area (Å²) in [6.45, 7) is 9.54. The van der Waals surface area contributed by atoms with Crippen LogP contribution in [0.15, 0.2) is 11.6 Å². The van der Waals surface area contributed by atoms with Crippen molar-refractivity contribution in [3.63, 3.8) is 0 Å². The van der Waals surface area contributed by atoms with Gasteiger partial charge in [0, 0.05) is 6.42 Å². The summed E-state index contributed by atoms with van der Waals surface area (Å²) in [5.74, 6) is 3.99. The van der Waals surface area contributed by atoms with Gasteiger partial charge in [0.15, 0.2) is 0 Å². The van der Waals surface area contributed by atoms with Gasteiger partial charge in [-0.3, -0.25) is 0 Å². The summed E-state index contributed by atoms with van der Waals surface area (Å²) in [6, 6.07) is 0. The zero-order valence-electron chi connectivity index (χ0n) is 18.0. The molecule has 0 aromatic rings. The lowest BCUT2D eigenvalue weighted by molar-refractivity contribution is -0.108. The van der Waals surface area contributed by atoms with E-state index in [-0.39, 0.29) is 0 Å². The Hall–Kier alpha value is -0.630. The van der Waals surface area contributed by atoms with E-state index in [2.05, 4.69) is 26.8 Å². The number of aliphatic hydroxyl groups is 1. The van der Waals surface area contributed by atoms with Crippen LogP contribution in [0, 0.1) is 40.4 Å². The average molecular weight is 373 g/mol. The van der Waals surface area contributed by atoms with Crippen molar-refractivity contribution in [1.82, 2.24) is 0 Å². The molecule has 0 amide bonds. The van der Waals surface area contributed by atoms with Crippen LogP contribution in [0.1, 0.15) is 91.9 Å². The Morgan fingerprint density at radius 1 is 1.15 bits per heavy atom. The Kier molecular flexibility index (Phi) is 4.89. The molecular formula is C25H40O2. The summed E-state index contributed by atoms with van der Waals surface area (Å²) in [7, 11) is 0. The molecule has 0 heterocycles. The number of carbonyl (C=O) groups is 1. The van der Waals surface area contributed by atoms with Gasteiger partial charge in [-0.1, -0.05) is 32.4 Å². The molecule has 0 aliphatic heterocycles. The topological polar surface area (TPSA) is 37.3 Å². The van der Waals surface area contributed by atoms with Crippen LogP contribution in [0.5, 0.6) is 0 Å². The van der Waals surface area contributed by atoms with Crippen LogP contribution in [0.4, 0.5) is 0 Å². The quantitative estimate of drug-likeness (QED) is 0.490. The molecule has 0 aromatic carbocycles. The molecule has 0 spiro atoms. The molecular weight excluding hydrogens is 332 g/mol. The second kappa shape index (κ2) is 6.71. The van der Waals surface area contributed by atoms with Crippen molar-refractivity contribution < 1.29 is 9.90 Å². The fourth-order valence-corrected chi connectivity index (χ4v) is 8.31. The molecule has 3 fully saturated rings. The van der Waals surface area contributed by atoms with E-state index in [1.54, 1.807) is 5.57 Å². The third-order valence-corrected chi connectivity index (χ3v) is 9.88. The van der Waals surface area contributed by atoms with Crippen LogP contribution < -0.4 is 0 Å². The van der Waals surface area contributed by atoms with Crippen LogP contribution in [0.2, 0.25) is 0 Å². The SMILES string of the molecule is C[C@H](CCC=O)[C@H]1CC[C@H]2C3CC=C4C[C@@](C)(O)CC[C@]4(C)[C@H]3CC[C@]12C. The highest BCUT2D eigenvalue weighted by Gasteiger charge is 2.59. The average Bonchev–Trinajstić information content (AvgIpc) is 2.97. The fraction of sp³-hybridized carbons (Fsp3) is 0.880. The first-order valence-electron chi connectivity index (χ1n) is 11.6. The minimum absolute atomic E-state index is 0.327. The Bertz CT molecular complexity index is 620. The molecule has 1 unspecified atom stereocenters. The highest BCUT2D eigenvalue weighted by molar-refractivity contribution is 5.49. The van der Waals surface area contributed by atoms with Crippen LogP contribution in [0.3, 0.4) is 0 Å². The Balaban J connectivity index is 1.57. The van der Waals surface area contributed by atoms with Gasteiger partial charge in [-0.25, -0.2) is 0 Å². The zero-order chi connectivity index (χ0) is 19.4. The van der Waals surface area contributed by atoms with Gasteiger partial charge >= 0.3 is 0 Å². The second-order valence-corrected chi connectivity index (χ2v) is 11.4. The maximum Gasteiger partial charge on any atom is 0.120 e. The van der Waals surface area contributed by atoms with E-state index >= 15 is 0 Å². The van der Waals surface area contributed by atoms with E-state index in [1.165, 1.54) is 32.1 Å². The van der Waals surface area contributed by atoms with Crippen molar-refractivity contribution in [2.75, 3.05) is 0 Å². The molecule has 4 rings (SSSR count). The smallest absolute Gasteiger partial charge is 0.120 e. The number of fused-ring (bicyclic) bond motifs is 5. The maximum absolute atomic E-state index is 10.9. The van der Waals surface area contributed by atoms with Crippen molar-refractivity contribution >= 4 is 6.29 Å². The molecule has 152 valence electrons. The standard InChI is InChI=1S/C25H40O2/c1-17(6-5-15-26)20-9-10-21-19-8-7-18-16-23(2,27)13-14-24(18,3)22(19)11-12-25(20,21)4/h7,15,17,19-22,27H,5-6,8-14,16H2,1-4H3/t17-,19?,20-,21+,22+,23+,24+,25-/m1/s1. The molecule has 0 aromatic heterocycles. The van der Waals surface area contributed by atoms with Crippen molar-refractivity contribution in [2.24, 2.45) is 40.4 Å². The van der Waals surface area contributed by atoms with Gasteiger partial charge in [0.2, 0.25) is 0 Å². The minimum Gasteiger partial charge on any atom is -0.390 e. The molecule has 3 saturated carbocycles. The van der Waals surface area contributed by atoms with E-state index in [9.17, 15) is 9.90 Å². The van der Waals surface area contributed by atoms with Crippen LogP contribution in [0.25, 0.3) is 0 Å². The van der Waals surface area contributed by atoms with Crippen molar-refractivity contribution in [3.05, 3.63) is 11.6 Å². The summed E-state index contributed by atoms with van der Waals surface area (Å²) in [5, 5.41) is 10.6. The number of rotatable bonds is 4. The molecule has 0 bridgehead atoms. The number of hydrogen-bond donors (Lipinski definition) is 1. The number of aldehydes is 1. The zero-order valence-corrected chi connectivity index (χ0v) is 18.0. The van der Waals surface area contributed by atoms with E-state index in [0.717, 1.165) is 62.1 Å². The first-order valence-corrected chi connectivity index (χ1v) is 11.6. The number of carbonyl (C=O) groups excluding carboxylic acids is 1. The molecule has 0 radical (unpaired) electrons. The van der Waals surface area contributed by atoms with Crippen molar-refractivity contribution in [1.29, 1.82) is 0 Å². The normalized spacial score (nSPS) is 50.2. The lowest BCUT2D eigenvalue weighted by Gasteiger charge is -2.59. The number of hydrogen-bond acceptors (Lipinski definition) is 2. The fourth-order valence-electron chi connectivity index (χ4n) is 8.31. The van der Waals surface area contributed by atoms with E-state index in [0.29, 0.717) is 16.7 Å². The third kappa shape index (κ3) is 3.05. The van der Waals surface area contributed by atoms with Gasteiger partial charge in [0.1, 0.15) is 6.29 Å². The molecule has 8 atom stereocenters. The third-order valence-electron chi connectivity index (χ3n) is 9.88. The Morgan fingerprint density at radius 2 is 1.93 bits per heavy atom. The molecule has 4 aliphatic carbocycles. The van der Waals surface area contributed by atoms with Crippen LogP contribution in [-0.4, -0.2) is 17.0 Å².